The van der Waals surface area contributed by atoms with Crippen LogP contribution in [0, 0.1) is 13.8 Å². The number of anilines is 1. The summed E-state index contributed by atoms with van der Waals surface area (Å²) in [6.07, 6.45) is 1.84. The van der Waals surface area contributed by atoms with E-state index in [2.05, 4.69) is 42.3 Å². The largest absolute Gasteiger partial charge is 0.378 e. The molecule has 0 radical (unpaired) electrons. The van der Waals surface area contributed by atoms with Gasteiger partial charge in [0, 0.05) is 17.3 Å². The fourth-order valence-corrected chi connectivity index (χ4v) is 2.15. The smallest absolute Gasteiger partial charge is 0.112 e. The Kier molecular flexibility index (Phi) is 3.02. The predicted octanol–water partition coefficient (Wildman–Crippen LogP) is 3.37. The first-order chi connectivity index (χ1) is 7.27. The highest BCUT2D eigenvalue weighted by molar-refractivity contribution is 7.09. The zero-order valence-electron chi connectivity index (χ0n) is 8.95. The van der Waals surface area contributed by atoms with Gasteiger partial charge >= 0.3 is 0 Å². The highest BCUT2D eigenvalue weighted by Gasteiger charge is 2.01. The van der Waals surface area contributed by atoms with Crippen LogP contribution in [0.3, 0.4) is 0 Å². The number of aryl methyl sites for hydroxylation is 2. The summed E-state index contributed by atoms with van der Waals surface area (Å²) >= 11 is 1.68. The van der Waals surface area contributed by atoms with Crippen LogP contribution in [0.25, 0.3) is 0 Å². The maximum Gasteiger partial charge on any atom is 0.112 e. The van der Waals surface area contributed by atoms with Gasteiger partial charge in [-0.25, -0.2) is 4.98 Å². The minimum Gasteiger partial charge on any atom is -0.378 e. The molecule has 0 saturated carbocycles. The molecule has 2 nitrogen and oxygen atoms in total. The molecule has 1 N–H and O–H groups in total. The summed E-state index contributed by atoms with van der Waals surface area (Å²) in [7, 11) is 0. The molecule has 0 spiro atoms. The summed E-state index contributed by atoms with van der Waals surface area (Å²) < 4.78 is 0. The molecular weight excluding hydrogens is 204 g/mol. The molecule has 1 heterocycles. The van der Waals surface area contributed by atoms with Crippen LogP contribution in [0.2, 0.25) is 0 Å². The summed E-state index contributed by atoms with van der Waals surface area (Å²) in [5.41, 5.74) is 3.80. The van der Waals surface area contributed by atoms with Crippen molar-refractivity contribution in [3.05, 3.63) is 45.9 Å². The van der Waals surface area contributed by atoms with Crippen LogP contribution in [0.4, 0.5) is 5.69 Å². The quantitative estimate of drug-likeness (QED) is 0.854. The van der Waals surface area contributed by atoms with E-state index < -0.39 is 0 Å². The molecule has 78 valence electrons. The molecule has 0 aliphatic rings. The summed E-state index contributed by atoms with van der Waals surface area (Å²) in [5, 5.41) is 6.56. The second kappa shape index (κ2) is 4.45. The van der Waals surface area contributed by atoms with E-state index in [1.807, 2.05) is 11.6 Å². The van der Waals surface area contributed by atoms with Crippen molar-refractivity contribution in [1.29, 1.82) is 0 Å². The number of rotatable bonds is 3. The lowest BCUT2D eigenvalue weighted by atomic mass is 10.1. The first kappa shape index (κ1) is 10.2. The molecule has 0 aliphatic carbocycles. The zero-order chi connectivity index (χ0) is 10.7. The normalized spacial score (nSPS) is 10.3. The fourth-order valence-electron chi connectivity index (χ4n) is 1.60. The first-order valence-electron chi connectivity index (χ1n) is 4.96. The Morgan fingerprint density at radius 1 is 1.27 bits per heavy atom. The Labute approximate surface area is 94.0 Å². The third-order valence-electron chi connectivity index (χ3n) is 2.38. The zero-order valence-corrected chi connectivity index (χ0v) is 9.77. The lowest BCUT2D eigenvalue weighted by Crippen LogP contribution is -2.02. The van der Waals surface area contributed by atoms with Gasteiger partial charge in [-0.3, -0.25) is 0 Å². The molecule has 3 heteroatoms. The van der Waals surface area contributed by atoms with Crippen LogP contribution >= 0.6 is 11.3 Å². The first-order valence-corrected chi connectivity index (χ1v) is 5.84. The van der Waals surface area contributed by atoms with Crippen LogP contribution in [0.5, 0.6) is 0 Å². The van der Waals surface area contributed by atoms with E-state index in [9.17, 15) is 0 Å². The topological polar surface area (TPSA) is 24.9 Å². The van der Waals surface area contributed by atoms with E-state index in [4.69, 9.17) is 0 Å². The lowest BCUT2D eigenvalue weighted by molar-refractivity contribution is 1.09. The van der Waals surface area contributed by atoms with E-state index in [0.717, 1.165) is 11.6 Å². The molecule has 1 aromatic carbocycles. The van der Waals surface area contributed by atoms with Crippen molar-refractivity contribution in [1.82, 2.24) is 4.98 Å². The standard InChI is InChI=1S/C12H14N2S/c1-9-4-3-5-10(2)12(9)14-8-11-13-6-7-15-11/h3-7,14H,8H2,1-2H3. The Bertz CT molecular complexity index is 415. The second-order valence-corrected chi connectivity index (χ2v) is 4.53. The average Bonchev–Trinajstić information content (AvgIpc) is 2.70. The van der Waals surface area contributed by atoms with Crippen LogP contribution in [-0.4, -0.2) is 4.98 Å². The van der Waals surface area contributed by atoms with Crippen molar-refractivity contribution < 1.29 is 0 Å². The molecule has 0 amide bonds. The molecule has 0 fully saturated rings. The van der Waals surface area contributed by atoms with E-state index in [0.29, 0.717) is 0 Å². The van der Waals surface area contributed by atoms with Gasteiger partial charge in [-0.1, -0.05) is 18.2 Å². The third-order valence-corrected chi connectivity index (χ3v) is 3.16. The average molecular weight is 218 g/mol. The van der Waals surface area contributed by atoms with Crippen LogP contribution in [0.1, 0.15) is 16.1 Å². The highest BCUT2D eigenvalue weighted by atomic mass is 32.1. The summed E-state index contributed by atoms with van der Waals surface area (Å²) in [5.74, 6) is 0. The van der Waals surface area contributed by atoms with Crippen LogP contribution in [-0.2, 0) is 6.54 Å². The van der Waals surface area contributed by atoms with Gasteiger partial charge in [-0.2, -0.15) is 0 Å². The second-order valence-electron chi connectivity index (χ2n) is 3.55. The van der Waals surface area contributed by atoms with E-state index in [1.54, 1.807) is 11.3 Å². The molecule has 0 aliphatic heterocycles. The van der Waals surface area contributed by atoms with Gasteiger partial charge in [0.2, 0.25) is 0 Å². The third kappa shape index (κ3) is 2.36. The minimum absolute atomic E-state index is 0.809. The molecule has 2 aromatic rings. The maximum atomic E-state index is 4.25. The van der Waals surface area contributed by atoms with Gasteiger partial charge in [0.05, 0.1) is 6.54 Å². The monoisotopic (exact) mass is 218 g/mol. The van der Waals surface area contributed by atoms with Crippen molar-refractivity contribution >= 4 is 17.0 Å². The van der Waals surface area contributed by atoms with Crippen LogP contribution in [0.15, 0.2) is 29.8 Å². The van der Waals surface area contributed by atoms with Crippen LogP contribution < -0.4 is 5.32 Å². The van der Waals surface area contributed by atoms with Crippen molar-refractivity contribution in [2.24, 2.45) is 0 Å². The molecule has 0 bridgehead atoms. The molecule has 15 heavy (non-hydrogen) atoms. The number of thiazole rings is 1. The Morgan fingerprint density at radius 2 is 2.00 bits per heavy atom. The Morgan fingerprint density at radius 3 is 2.60 bits per heavy atom. The van der Waals surface area contributed by atoms with Gasteiger partial charge in [0.15, 0.2) is 0 Å². The molecule has 2 rings (SSSR count). The van der Waals surface area contributed by atoms with Gasteiger partial charge < -0.3 is 5.32 Å². The summed E-state index contributed by atoms with van der Waals surface area (Å²) in [4.78, 5) is 4.25. The maximum absolute atomic E-state index is 4.25. The number of nitrogens with zero attached hydrogens (tertiary/aromatic N) is 1. The van der Waals surface area contributed by atoms with Crippen molar-refractivity contribution in [3.63, 3.8) is 0 Å². The molecule has 0 saturated heterocycles. The SMILES string of the molecule is Cc1cccc(C)c1NCc1nccs1. The number of hydrogen-bond donors (Lipinski definition) is 1. The highest BCUT2D eigenvalue weighted by Crippen LogP contribution is 2.20. The van der Waals surface area contributed by atoms with Gasteiger partial charge in [0.25, 0.3) is 0 Å². The predicted molar refractivity (Wildman–Crippen MR) is 65.4 cm³/mol. The molecule has 1 aromatic heterocycles. The molecule has 0 unspecified atom stereocenters. The number of hydrogen-bond acceptors (Lipinski definition) is 3. The van der Waals surface area contributed by atoms with Gasteiger partial charge in [-0.15, -0.1) is 11.3 Å². The molecule has 0 atom stereocenters. The van der Waals surface area contributed by atoms with Gasteiger partial charge in [-0.05, 0) is 25.0 Å². The minimum atomic E-state index is 0.809. The Balaban J connectivity index is 2.11. The summed E-state index contributed by atoms with van der Waals surface area (Å²) in [6.45, 7) is 5.05. The number of para-hydroxylation sites is 1. The molecular formula is C12H14N2S. The van der Waals surface area contributed by atoms with E-state index >= 15 is 0 Å². The van der Waals surface area contributed by atoms with Crippen molar-refractivity contribution in [2.45, 2.75) is 20.4 Å². The number of nitrogens with one attached hydrogen (secondary N) is 1. The van der Waals surface area contributed by atoms with Crippen molar-refractivity contribution in [3.8, 4) is 0 Å². The van der Waals surface area contributed by atoms with Crippen molar-refractivity contribution in [2.75, 3.05) is 5.32 Å². The summed E-state index contributed by atoms with van der Waals surface area (Å²) in [6, 6.07) is 6.33. The lowest BCUT2D eigenvalue weighted by Gasteiger charge is -2.10. The fraction of sp³-hybridized carbons (Fsp3) is 0.250. The van der Waals surface area contributed by atoms with E-state index in [-0.39, 0.29) is 0 Å². The van der Waals surface area contributed by atoms with E-state index in [1.165, 1.54) is 16.8 Å². The number of aromatic nitrogens is 1. The van der Waals surface area contributed by atoms with Gasteiger partial charge in [0.1, 0.15) is 5.01 Å². The Hall–Kier alpha value is -1.35. The number of benzene rings is 1.